The molecule has 0 heterocycles. The summed E-state index contributed by atoms with van der Waals surface area (Å²) < 4.78 is 76.0. The van der Waals surface area contributed by atoms with E-state index in [2.05, 4.69) is 52.0 Å². The molecule has 0 aliphatic heterocycles. The van der Waals surface area contributed by atoms with Crippen molar-refractivity contribution in [3.8, 4) is 22.3 Å². The van der Waals surface area contributed by atoms with Gasteiger partial charge in [0.1, 0.15) is 0 Å². The second-order valence-electron chi connectivity index (χ2n) is 11.3. The van der Waals surface area contributed by atoms with Gasteiger partial charge in [0.15, 0.2) is 0 Å². The summed E-state index contributed by atoms with van der Waals surface area (Å²) >= 11 is 0. The van der Waals surface area contributed by atoms with E-state index in [1.807, 2.05) is 36.4 Å². The fourth-order valence-electron chi connectivity index (χ4n) is 5.64. The average molecular weight is 764 g/mol. The van der Waals surface area contributed by atoms with Crippen molar-refractivity contribution in [3.63, 3.8) is 0 Å². The summed E-state index contributed by atoms with van der Waals surface area (Å²) in [6, 6.07) is 31.3. The first-order valence-corrected chi connectivity index (χ1v) is 15.7. The molecule has 0 fully saturated rings. The van der Waals surface area contributed by atoms with Crippen molar-refractivity contribution < 1.29 is 72.9 Å². The average Bonchev–Trinajstić information content (AvgIpc) is 3.65. The molecule has 6 aromatic rings. The summed E-state index contributed by atoms with van der Waals surface area (Å²) in [4.78, 5) is 0. The van der Waals surface area contributed by atoms with Gasteiger partial charge in [-0.15, -0.1) is 69.1 Å². The van der Waals surface area contributed by atoms with E-state index in [1.54, 1.807) is 24.3 Å². The summed E-state index contributed by atoms with van der Waals surface area (Å²) in [6.45, 7) is 11.0. The Labute approximate surface area is 318 Å². The minimum absolute atomic E-state index is 0. The van der Waals surface area contributed by atoms with Crippen LogP contribution in [0.5, 0.6) is 0 Å². The molecule has 0 N–H and O–H groups in total. The number of hydrogen-bond donors (Lipinski definition) is 0. The number of halogens is 8. The molecule has 0 saturated heterocycles. The Morgan fingerprint density at radius 3 is 1.14 bits per heavy atom. The first kappa shape index (κ1) is 45.0. The standard InChI is InChI=1S/2C19H16F3.C3H6.2ClH.Ti/c2*1-2-4-13-11-15-5-3-6-17(18(15)12-13)14-7-9-16(10-8-14)19(20,21)22;1-3-2;;;/h2*3,5-12H,2,4H2,1H3;1-3H2;2*1H;/q2*-1;-2;;;+2/p-2. The van der Waals surface area contributed by atoms with Crippen molar-refractivity contribution >= 4 is 21.5 Å². The molecule has 9 heteroatoms. The van der Waals surface area contributed by atoms with Gasteiger partial charge in [-0.1, -0.05) is 74.2 Å². The summed E-state index contributed by atoms with van der Waals surface area (Å²) in [5.74, 6) is 0. The van der Waals surface area contributed by atoms with Crippen LogP contribution in [-0.2, 0) is 46.9 Å². The van der Waals surface area contributed by atoms with Gasteiger partial charge >= 0.3 is 34.1 Å². The maximum atomic E-state index is 12.7. The predicted octanol–water partition coefficient (Wildman–Crippen LogP) is 7.44. The molecule has 50 heavy (non-hydrogen) atoms. The molecule has 6 aromatic carbocycles. The minimum Gasteiger partial charge on any atom is -1.00 e. The van der Waals surface area contributed by atoms with Crippen molar-refractivity contribution in [1.82, 2.24) is 0 Å². The van der Waals surface area contributed by atoms with Crippen LogP contribution in [0.25, 0.3) is 43.8 Å². The van der Waals surface area contributed by atoms with E-state index < -0.39 is 23.5 Å². The molecule has 266 valence electrons. The zero-order chi connectivity index (χ0) is 34.2. The van der Waals surface area contributed by atoms with Crippen molar-refractivity contribution in [2.75, 3.05) is 0 Å². The van der Waals surface area contributed by atoms with Crippen molar-refractivity contribution in [2.45, 2.75) is 58.3 Å². The molecule has 0 nitrogen and oxygen atoms in total. The molecule has 0 amide bonds. The number of aryl methyl sites for hydroxylation is 2. The first-order chi connectivity index (χ1) is 22.4. The number of fused-ring (bicyclic) bond motifs is 2. The van der Waals surface area contributed by atoms with Crippen LogP contribution in [0.3, 0.4) is 0 Å². The molecule has 0 spiro atoms. The Morgan fingerprint density at radius 1 is 0.540 bits per heavy atom. The minimum atomic E-state index is -4.29. The van der Waals surface area contributed by atoms with Crippen LogP contribution in [0.2, 0.25) is 0 Å². The monoisotopic (exact) mass is 762 g/mol. The number of rotatable bonds is 6. The number of hydrogen-bond acceptors (Lipinski definition) is 0. The summed E-state index contributed by atoms with van der Waals surface area (Å²) in [5.41, 5.74) is 4.91. The molecule has 0 unspecified atom stereocenters. The quantitative estimate of drug-likeness (QED) is 0.0941. The van der Waals surface area contributed by atoms with E-state index in [0.29, 0.717) is 0 Å². The molecule has 0 aromatic heterocycles. The second-order valence-corrected chi connectivity index (χ2v) is 11.3. The van der Waals surface area contributed by atoms with Gasteiger partial charge in [-0.2, -0.15) is 38.5 Å². The Hall–Kier alpha value is -3.03. The summed E-state index contributed by atoms with van der Waals surface area (Å²) in [7, 11) is 0. The van der Waals surface area contributed by atoms with Gasteiger partial charge in [0, 0.05) is 0 Å². The van der Waals surface area contributed by atoms with Crippen LogP contribution in [0.4, 0.5) is 26.3 Å². The van der Waals surface area contributed by atoms with Gasteiger partial charge in [-0.25, -0.2) is 0 Å². The fourth-order valence-corrected chi connectivity index (χ4v) is 5.64. The van der Waals surface area contributed by atoms with Crippen LogP contribution in [-0.4, -0.2) is 0 Å². The molecular formula is C41H38Cl2F6Ti-4. The molecule has 0 bridgehead atoms. The topological polar surface area (TPSA) is 0 Å². The second kappa shape index (κ2) is 20.1. The Bertz CT molecular complexity index is 1730. The first-order valence-electron chi connectivity index (χ1n) is 15.7. The molecule has 0 aliphatic carbocycles. The van der Waals surface area contributed by atoms with Gasteiger partial charge in [-0.05, 0) is 48.2 Å². The van der Waals surface area contributed by atoms with E-state index in [9.17, 15) is 26.3 Å². The Kier molecular flexibility index (Phi) is 18.1. The van der Waals surface area contributed by atoms with E-state index >= 15 is 0 Å². The maximum absolute atomic E-state index is 12.7. The van der Waals surface area contributed by atoms with E-state index in [1.165, 1.54) is 11.1 Å². The van der Waals surface area contributed by atoms with Crippen molar-refractivity contribution in [2.24, 2.45) is 0 Å². The fraction of sp³-hybridized carbons (Fsp3) is 0.220. The maximum Gasteiger partial charge on any atom is 2.00 e. The van der Waals surface area contributed by atoms with Gasteiger partial charge in [0.25, 0.3) is 0 Å². The van der Waals surface area contributed by atoms with Gasteiger partial charge in [-0.3, -0.25) is 0 Å². The third-order valence-corrected chi connectivity index (χ3v) is 7.74. The predicted molar refractivity (Wildman–Crippen MR) is 183 cm³/mol. The molecule has 0 atom stereocenters. The molecular weight excluding hydrogens is 725 g/mol. The zero-order valence-corrected chi connectivity index (χ0v) is 30.9. The third kappa shape index (κ3) is 11.5. The largest absolute Gasteiger partial charge is 2.00 e. The van der Waals surface area contributed by atoms with Crippen LogP contribution in [0.15, 0.2) is 109 Å². The summed E-state index contributed by atoms with van der Waals surface area (Å²) in [6.07, 6.45) is -3.65. The Morgan fingerprint density at radius 2 is 0.860 bits per heavy atom. The van der Waals surface area contributed by atoms with Crippen LogP contribution in [0, 0.1) is 13.8 Å². The molecule has 0 radical (unpaired) electrons. The number of benzene rings is 4. The molecule has 0 saturated carbocycles. The Balaban J connectivity index is 0.000000439. The van der Waals surface area contributed by atoms with Crippen molar-refractivity contribution in [1.29, 1.82) is 0 Å². The van der Waals surface area contributed by atoms with Crippen LogP contribution in [0.1, 0.15) is 55.4 Å². The SMILES string of the molecule is CCCc1cc2c(-c3ccc(C(F)(F)F)cc3)cccc2[cH-]1.CCCc1cc2c(-c3ccc(C(F)(F)F)cc3)cccc2[cH-]1.[CH2-]C[CH2-].[Cl-].[Cl-].[Ti+2]. The van der Waals surface area contributed by atoms with Gasteiger partial charge in [0.05, 0.1) is 11.1 Å². The third-order valence-electron chi connectivity index (χ3n) is 7.74. The molecule has 6 rings (SSSR count). The van der Waals surface area contributed by atoms with Gasteiger partial charge in [0.2, 0.25) is 0 Å². The van der Waals surface area contributed by atoms with Crippen LogP contribution < -0.4 is 24.8 Å². The van der Waals surface area contributed by atoms with E-state index in [0.717, 1.165) is 100 Å². The van der Waals surface area contributed by atoms with Crippen LogP contribution >= 0.6 is 0 Å². The van der Waals surface area contributed by atoms with Gasteiger partial charge < -0.3 is 45.1 Å². The zero-order valence-electron chi connectivity index (χ0n) is 27.9. The van der Waals surface area contributed by atoms with Crippen molar-refractivity contribution in [3.05, 3.63) is 145 Å². The van der Waals surface area contributed by atoms with E-state index in [-0.39, 0.29) is 46.5 Å². The smallest absolute Gasteiger partial charge is 1.00 e. The molecule has 0 aliphatic rings. The normalized spacial score (nSPS) is 10.9. The number of alkyl halides is 6. The van der Waals surface area contributed by atoms with E-state index in [4.69, 9.17) is 0 Å². The summed E-state index contributed by atoms with van der Waals surface area (Å²) in [5, 5.41) is 4.48.